The summed E-state index contributed by atoms with van der Waals surface area (Å²) in [7, 11) is 0. The minimum atomic E-state index is -2.84. The van der Waals surface area contributed by atoms with Gasteiger partial charge in [0.05, 0.1) is 42.6 Å². The van der Waals surface area contributed by atoms with Crippen LogP contribution < -0.4 is 20.4 Å². The zero-order valence-electron chi connectivity index (χ0n) is 33.4. The van der Waals surface area contributed by atoms with Crippen LogP contribution in [-0.4, -0.2) is 130 Å². The van der Waals surface area contributed by atoms with Crippen molar-refractivity contribution in [2.24, 2.45) is 11.8 Å². The molecule has 1 aliphatic carbocycles. The fourth-order valence-electron chi connectivity index (χ4n) is 10.3. The number of morpholine rings is 1. The van der Waals surface area contributed by atoms with Crippen molar-refractivity contribution in [3.63, 3.8) is 0 Å². The Morgan fingerprint density at radius 1 is 0.967 bits per heavy atom. The van der Waals surface area contributed by atoms with Gasteiger partial charge in [-0.25, -0.2) is 18.3 Å². The number of ether oxygens (including phenoxy) is 1. The number of alkyl halides is 2. The van der Waals surface area contributed by atoms with Gasteiger partial charge >= 0.3 is 0 Å². The van der Waals surface area contributed by atoms with E-state index in [2.05, 4.69) is 40.4 Å². The molecule has 8 heterocycles. The number of carbonyl (C=O) groups excluding carboxylic acids is 3. The molecule has 6 fully saturated rings. The third kappa shape index (κ3) is 7.84. The highest BCUT2D eigenvalue weighted by Gasteiger charge is 2.40. The average Bonchev–Trinajstić information content (AvgIpc) is 4.05. The van der Waals surface area contributed by atoms with E-state index in [9.17, 15) is 23.2 Å². The second-order valence-electron chi connectivity index (χ2n) is 17.5. The van der Waals surface area contributed by atoms with Crippen molar-refractivity contribution in [3.05, 3.63) is 64.7 Å². The molecule has 1 aromatic carbocycles. The summed E-state index contributed by atoms with van der Waals surface area (Å²) in [4.78, 5) is 51.9. The van der Waals surface area contributed by atoms with E-state index in [0.29, 0.717) is 42.0 Å². The number of benzene rings is 1. The van der Waals surface area contributed by atoms with Gasteiger partial charge in [-0.15, -0.1) is 0 Å². The number of rotatable bonds is 11. The van der Waals surface area contributed by atoms with E-state index in [-0.39, 0.29) is 47.2 Å². The maximum Gasteiger partial charge on any atom is 0.284 e. The predicted molar refractivity (Wildman–Crippen MR) is 220 cm³/mol. The molecule has 3 aromatic heterocycles. The molecule has 6 aliphatic rings. The topological polar surface area (TPSA) is 145 Å². The second kappa shape index (κ2) is 16.3. The number of hydrogen-bond acceptors (Lipinski definition) is 11. The zero-order valence-corrected chi connectivity index (χ0v) is 34.2. The van der Waals surface area contributed by atoms with Crippen LogP contribution >= 0.6 is 11.6 Å². The molecule has 0 spiro atoms. The van der Waals surface area contributed by atoms with Crippen LogP contribution in [0, 0.1) is 11.8 Å². The third-order valence-corrected chi connectivity index (χ3v) is 13.9. The van der Waals surface area contributed by atoms with E-state index in [1.54, 1.807) is 17.1 Å². The number of nitrogens with zero attached hydrogens (tertiary/aromatic N) is 9. The molecular weight excluding hydrogens is 796 g/mol. The van der Waals surface area contributed by atoms with Crippen LogP contribution in [-0.2, 0) is 14.3 Å². The fraction of sp³-hybridized carbons (Fsp3) is 0.571. The predicted octanol–water partition coefficient (Wildman–Crippen LogP) is 4.75. The quantitative estimate of drug-likeness (QED) is 0.202. The van der Waals surface area contributed by atoms with Gasteiger partial charge in [0.15, 0.2) is 11.3 Å². The molecule has 60 heavy (non-hydrogen) atoms. The normalized spacial score (nSPS) is 26.6. The number of imide groups is 1. The average molecular weight is 846 g/mol. The molecule has 10 rings (SSSR count). The Balaban J connectivity index is 0.675. The Morgan fingerprint density at radius 2 is 1.73 bits per heavy atom. The molecule has 1 saturated carbocycles. The van der Waals surface area contributed by atoms with Crippen LogP contribution in [0.1, 0.15) is 84.9 Å². The first-order chi connectivity index (χ1) is 29.1. The summed E-state index contributed by atoms with van der Waals surface area (Å²) in [5.41, 5.74) is 2.00. The van der Waals surface area contributed by atoms with Gasteiger partial charge in [-0.2, -0.15) is 10.2 Å². The lowest BCUT2D eigenvalue weighted by atomic mass is 9.85. The number of halogens is 3. The van der Waals surface area contributed by atoms with Gasteiger partial charge in [-0.05, 0) is 68.2 Å². The van der Waals surface area contributed by atoms with Gasteiger partial charge in [0.25, 0.3) is 12.3 Å². The minimum absolute atomic E-state index is 0.0106. The largest absolute Gasteiger partial charge is 0.374 e. The van der Waals surface area contributed by atoms with E-state index < -0.39 is 18.0 Å². The Hall–Kier alpha value is -4.71. The SMILES string of the molecule is O=C1CCC(c2ccc(N3CC(CN4CCN(C[C@H]5CC[C@H](n6cc(NC(=O)c7cnn8ccc(N9C[C@H]%10C[C@@H]9CO%10)nc78)c(C(F)F)n6)CC5)CC4)C3)cc2Cl)C(=O)N1. The van der Waals surface area contributed by atoms with Gasteiger partial charge in [-0.1, -0.05) is 17.7 Å². The standard InChI is InChI=1S/C42H50ClF2N11O4/c43-34-16-28(5-6-31(34)32-7-8-37(57)49-41(32)58)53-20-26(21-53)19-52-13-11-51(12-14-52)18-25-1-3-27(4-2-25)56-23-35(38(50-56)39(44)45)47-42(59)33-17-46-55-10-9-36(48-40(33)55)54-22-30-15-29(54)24-60-30/h5-6,9-10,16-17,23,25-27,29-30,32,39H,1-4,7-8,11-15,18-22,24H2,(H,47,59)(H,49,57,58)/t25-,27-,29-,30-,32?/m1/s1. The molecule has 0 radical (unpaired) electrons. The lowest BCUT2D eigenvalue weighted by Gasteiger charge is -2.45. The van der Waals surface area contributed by atoms with Crippen LogP contribution in [0.2, 0.25) is 5.02 Å². The monoisotopic (exact) mass is 845 g/mol. The van der Waals surface area contributed by atoms with Gasteiger partial charge in [-0.3, -0.25) is 24.4 Å². The number of fused-ring (bicyclic) bond motifs is 3. The number of nitrogens with one attached hydrogen (secondary N) is 2. The van der Waals surface area contributed by atoms with Crippen LogP contribution in [0.4, 0.5) is 26.0 Å². The Bertz CT molecular complexity index is 2270. The van der Waals surface area contributed by atoms with Crippen LogP contribution in [0.25, 0.3) is 5.65 Å². The summed E-state index contributed by atoms with van der Waals surface area (Å²) in [6.07, 6.45) is 7.53. The molecule has 1 unspecified atom stereocenters. The van der Waals surface area contributed by atoms with Gasteiger partial charge in [0.2, 0.25) is 11.8 Å². The zero-order chi connectivity index (χ0) is 41.1. The van der Waals surface area contributed by atoms with E-state index in [1.165, 1.54) is 10.7 Å². The van der Waals surface area contributed by atoms with Crippen molar-refractivity contribution < 1.29 is 27.9 Å². The molecule has 318 valence electrons. The number of aromatic nitrogens is 5. The summed E-state index contributed by atoms with van der Waals surface area (Å²) in [5, 5.41) is 14.3. The Labute approximate surface area is 351 Å². The molecule has 3 amide bonds. The molecule has 2 bridgehead atoms. The highest BCUT2D eigenvalue weighted by molar-refractivity contribution is 6.32. The van der Waals surface area contributed by atoms with Crippen LogP contribution in [0.3, 0.4) is 0 Å². The number of piperidine rings is 1. The summed E-state index contributed by atoms with van der Waals surface area (Å²) in [5.74, 6) is 0.425. The van der Waals surface area contributed by atoms with E-state index in [0.717, 1.165) is 108 Å². The molecule has 15 nitrogen and oxygen atoms in total. The van der Waals surface area contributed by atoms with E-state index in [4.69, 9.17) is 21.3 Å². The number of amides is 3. The summed E-state index contributed by atoms with van der Waals surface area (Å²) in [6.45, 7) is 9.59. The Morgan fingerprint density at radius 3 is 2.42 bits per heavy atom. The molecule has 5 aliphatic heterocycles. The van der Waals surface area contributed by atoms with Gasteiger partial charge in [0, 0.05) is 94.3 Å². The number of piperazine rings is 1. The van der Waals surface area contributed by atoms with Crippen molar-refractivity contribution in [1.82, 2.24) is 39.5 Å². The summed E-state index contributed by atoms with van der Waals surface area (Å²) < 4.78 is 37.4. The lowest BCUT2D eigenvalue weighted by Crippen LogP contribution is -2.55. The molecule has 4 aromatic rings. The third-order valence-electron chi connectivity index (χ3n) is 13.6. The fourth-order valence-corrected chi connectivity index (χ4v) is 10.6. The second-order valence-corrected chi connectivity index (χ2v) is 17.9. The lowest BCUT2D eigenvalue weighted by molar-refractivity contribution is -0.134. The van der Waals surface area contributed by atoms with Crippen molar-refractivity contribution in [3.8, 4) is 0 Å². The van der Waals surface area contributed by atoms with Crippen LogP contribution in [0.15, 0.2) is 42.9 Å². The smallest absolute Gasteiger partial charge is 0.284 e. The van der Waals surface area contributed by atoms with Gasteiger partial charge < -0.3 is 29.7 Å². The van der Waals surface area contributed by atoms with E-state index >= 15 is 0 Å². The van der Waals surface area contributed by atoms with Crippen molar-refractivity contribution in [2.75, 3.05) is 80.6 Å². The molecular formula is C42H50ClF2N11O4. The first kappa shape index (κ1) is 39.4. The maximum absolute atomic E-state index is 14.3. The van der Waals surface area contributed by atoms with Crippen molar-refractivity contribution >= 4 is 52.2 Å². The molecule has 18 heteroatoms. The number of anilines is 3. The first-order valence-corrected chi connectivity index (χ1v) is 21.7. The minimum Gasteiger partial charge on any atom is -0.374 e. The number of hydrogen-bond donors (Lipinski definition) is 2. The molecule has 2 N–H and O–H groups in total. The van der Waals surface area contributed by atoms with Crippen LogP contribution in [0.5, 0.6) is 0 Å². The molecule has 3 atom stereocenters. The number of carbonyl (C=O) groups is 3. The first-order valence-electron chi connectivity index (χ1n) is 21.4. The Kier molecular flexibility index (Phi) is 10.7. The highest BCUT2D eigenvalue weighted by atomic mass is 35.5. The maximum atomic E-state index is 14.3. The van der Waals surface area contributed by atoms with E-state index in [1.807, 2.05) is 24.3 Å². The van der Waals surface area contributed by atoms with Crippen molar-refractivity contribution in [1.29, 1.82) is 0 Å². The summed E-state index contributed by atoms with van der Waals surface area (Å²) >= 11 is 6.63. The van der Waals surface area contributed by atoms with Gasteiger partial charge in [0.1, 0.15) is 11.4 Å². The molecule has 5 saturated heterocycles. The summed E-state index contributed by atoms with van der Waals surface area (Å²) in [6, 6.07) is 8.03. The highest BCUT2D eigenvalue weighted by Crippen LogP contribution is 2.38. The van der Waals surface area contributed by atoms with Crippen molar-refractivity contribution in [2.45, 2.75) is 75.5 Å².